The molecule has 0 heterocycles. The summed E-state index contributed by atoms with van der Waals surface area (Å²) >= 11 is 0. The standard InChI is InChI=1S/C14H28/c1-5-13-9-10-14(12(13)4)8-6-7-11(2)3/h11-14H,5-10H2,1-4H3. The molecule has 1 rings (SSSR count). The van der Waals surface area contributed by atoms with Gasteiger partial charge in [-0.05, 0) is 36.5 Å². The number of hydrogen-bond acceptors (Lipinski definition) is 0. The minimum Gasteiger partial charge on any atom is -0.0651 e. The molecule has 0 bridgehead atoms. The van der Waals surface area contributed by atoms with Gasteiger partial charge in [0.15, 0.2) is 0 Å². The first-order valence-electron chi connectivity index (χ1n) is 6.65. The first-order valence-corrected chi connectivity index (χ1v) is 6.65. The highest BCUT2D eigenvalue weighted by Crippen LogP contribution is 2.41. The van der Waals surface area contributed by atoms with Crippen LogP contribution in [0.1, 0.15) is 66.2 Å². The minimum atomic E-state index is 0.897. The lowest BCUT2D eigenvalue weighted by Crippen LogP contribution is -2.10. The first-order chi connectivity index (χ1) is 6.65. The third kappa shape index (κ3) is 3.29. The molecule has 0 spiro atoms. The van der Waals surface area contributed by atoms with E-state index in [1.54, 1.807) is 0 Å². The summed E-state index contributed by atoms with van der Waals surface area (Å²) in [7, 11) is 0. The normalized spacial score (nSPS) is 32.8. The predicted octanol–water partition coefficient (Wildman–Crippen LogP) is 4.89. The van der Waals surface area contributed by atoms with Crippen LogP contribution in [0.4, 0.5) is 0 Å². The quantitative estimate of drug-likeness (QED) is 0.587. The van der Waals surface area contributed by atoms with Crippen molar-refractivity contribution in [3.8, 4) is 0 Å². The molecule has 0 aromatic rings. The van der Waals surface area contributed by atoms with E-state index in [1.807, 2.05) is 0 Å². The molecule has 0 aromatic carbocycles. The van der Waals surface area contributed by atoms with Crippen LogP contribution in [0, 0.1) is 23.7 Å². The summed E-state index contributed by atoms with van der Waals surface area (Å²) in [5.74, 6) is 4.00. The fraction of sp³-hybridized carbons (Fsp3) is 1.00. The van der Waals surface area contributed by atoms with E-state index in [0.29, 0.717) is 0 Å². The van der Waals surface area contributed by atoms with Crippen molar-refractivity contribution in [1.82, 2.24) is 0 Å². The third-order valence-corrected chi connectivity index (χ3v) is 4.28. The Bertz CT molecular complexity index is 148. The second kappa shape index (κ2) is 5.78. The smallest absolute Gasteiger partial charge is 0.0386 e. The van der Waals surface area contributed by atoms with E-state index in [0.717, 1.165) is 23.7 Å². The molecule has 0 aliphatic heterocycles. The molecule has 0 nitrogen and oxygen atoms in total. The Labute approximate surface area is 90.5 Å². The van der Waals surface area contributed by atoms with Crippen molar-refractivity contribution in [1.29, 1.82) is 0 Å². The Morgan fingerprint density at radius 3 is 2.29 bits per heavy atom. The highest BCUT2D eigenvalue weighted by molar-refractivity contribution is 4.81. The first kappa shape index (κ1) is 12.1. The molecule has 0 amide bonds. The lowest BCUT2D eigenvalue weighted by molar-refractivity contribution is 0.307. The zero-order valence-electron chi connectivity index (χ0n) is 10.6. The van der Waals surface area contributed by atoms with Crippen LogP contribution in [-0.4, -0.2) is 0 Å². The van der Waals surface area contributed by atoms with Crippen molar-refractivity contribution < 1.29 is 0 Å². The van der Waals surface area contributed by atoms with Gasteiger partial charge in [0.1, 0.15) is 0 Å². The van der Waals surface area contributed by atoms with E-state index in [-0.39, 0.29) is 0 Å². The average molecular weight is 196 g/mol. The molecule has 84 valence electrons. The second-order valence-corrected chi connectivity index (χ2v) is 5.69. The largest absolute Gasteiger partial charge is 0.0651 e. The molecule has 0 saturated heterocycles. The molecule has 1 aliphatic rings. The van der Waals surface area contributed by atoms with Crippen LogP contribution in [0.15, 0.2) is 0 Å². The van der Waals surface area contributed by atoms with Crippen LogP contribution in [0.3, 0.4) is 0 Å². The van der Waals surface area contributed by atoms with E-state index < -0.39 is 0 Å². The van der Waals surface area contributed by atoms with Gasteiger partial charge in [0.25, 0.3) is 0 Å². The summed E-state index contributed by atoms with van der Waals surface area (Å²) < 4.78 is 0. The summed E-state index contributed by atoms with van der Waals surface area (Å²) in [5, 5.41) is 0. The molecule has 0 radical (unpaired) electrons. The highest BCUT2D eigenvalue weighted by Gasteiger charge is 2.30. The summed E-state index contributed by atoms with van der Waals surface area (Å²) in [6, 6.07) is 0. The van der Waals surface area contributed by atoms with Gasteiger partial charge < -0.3 is 0 Å². The molecule has 0 heteroatoms. The Kier molecular flexibility index (Phi) is 4.98. The van der Waals surface area contributed by atoms with Gasteiger partial charge in [-0.2, -0.15) is 0 Å². The molecule has 14 heavy (non-hydrogen) atoms. The van der Waals surface area contributed by atoms with Gasteiger partial charge in [0, 0.05) is 0 Å². The maximum atomic E-state index is 2.49. The van der Waals surface area contributed by atoms with E-state index >= 15 is 0 Å². The fourth-order valence-corrected chi connectivity index (χ4v) is 3.11. The SMILES string of the molecule is CCC1CCC(CCCC(C)C)C1C. The van der Waals surface area contributed by atoms with Crippen molar-refractivity contribution in [2.45, 2.75) is 66.2 Å². The molecule has 1 fully saturated rings. The lowest BCUT2D eigenvalue weighted by atomic mass is 9.86. The van der Waals surface area contributed by atoms with Gasteiger partial charge in [-0.1, -0.05) is 53.4 Å². The van der Waals surface area contributed by atoms with Crippen LogP contribution < -0.4 is 0 Å². The minimum absolute atomic E-state index is 0.897. The Balaban J connectivity index is 2.19. The predicted molar refractivity (Wildman–Crippen MR) is 64.4 cm³/mol. The van der Waals surface area contributed by atoms with E-state index in [2.05, 4.69) is 27.7 Å². The van der Waals surface area contributed by atoms with E-state index in [4.69, 9.17) is 0 Å². The van der Waals surface area contributed by atoms with Crippen molar-refractivity contribution in [2.24, 2.45) is 23.7 Å². The molecule has 1 saturated carbocycles. The van der Waals surface area contributed by atoms with Gasteiger partial charge >= 0.3 is 0 Å². The maximum Gasteiger partial charge on any atom is -0.0386 e. The number of rotatable bonds is 5. The highest BCUT2D eigenvalue weighted by atomic mass is 14.4. The molecular formula is C14H28. The average Bonchev–Trinajstić information content (AvgIpc) is 2.47. The molecule has 0 aromatic heterocycles. The maximum absolute atomic E-state index is 2.49. The van der Waals surface area contributed by atoms with Gasteiger partial charge in [0.2, 0.25) is 0 Å². The summed E-state index contributed by atoms with van der Waals surface area (Å²) in [5.41, 5.74) is 0. The fourth-order valence-electron chi connectivity index (χ4n) is 3.11. The van der Waals surface area contributed by atoms with Gasteiger partial charge in [-0.25, -0.2) is 0 Å². The molecule has 3 unspecified atom stereocenters. The van der Waals surface area contributed by atoms with Gasteiger partial charge in [-0.15, -0.1) is 0 Å². The van der Waals surface area contributed by atoms with Crippen molar-refractivity contribution in [3.05, 3.63) is 0 Å². The Morgan fingerprint density at radius 1 is 1.14 bits per heavy atom. The van der Waals surface area contributed by atoms with Crippen molar-refractivity contribution >= 4 is 0 Å². The van der Waals surface area contributed by atoms with Crippen LogP contribution in [-0.2, 0) is 0 Å². The zero-order valence-corrected chi connectivity index (χ0v) is 10.6. The van der Waals surface area contributed by atoms with Gasteiger partial charge in [-0.3, -0.25) is 0 Å². The van der Waals surface area contributed by atoms with E-state index in [1.165, 1.54) is 38.5 Å². The van der Waals surface area contributed by atoms with Crippen LogP contribution >= 0.6 is 0 Å². The lowest BCUT2D eigenvalue weighted by Gasteiger charge is -2.19. The zero-order chi connectivity index (χ0) is 10.6. The summed E-state index contributed by atoms with van der Waals surface area (Å²) in [6.07, 6.45) is 8.81. The Hall–Kier alpha value is 0. The second-order valence-electron chi connectivity index (χ2n) is 5.69. The van der Waals surface area contributed by atoms with Crippen molar-refractivity contribution in [3.63, 3.8) is 0 Å². The number of hydrogen-bond donors (Lipinski definition) is 0. The topological polar surface area (TPSA) is 0 Å². The molecule has 0 N–H and O–H groups in total. The molecular weight excluding hydrogens is 168 g/mol. The van der Waals surface area contributed by atoms with Crippen LogP contribution in [0.25, 0.3) is 0 Å². The Morgan fingerprint density at radius 2 is 1.79 bits per heavy atom. The molecule has 3 atom stereocenters. The summed E-state index contributed by atoms with van der Waals surface area (Å²) in [6.45, 7) is 9.53. The van der Waals surface area contributed by atoms with Gasteiger partial charge in [0.05, 0.1) is 0 Å². The third-order valence-electron chi connectivity index (χ3n) is 4.28. The summed E-state index contributed by atoms with van der Waals surface area (Å²) in [4.78, 5) is 0. The molecule has 1 aliphatic carbocycles. The van der Waals surface area contributed by atoms with E-state index in [9.17, 15) is 0 Å². The van der Waals surface area contributed by atoms with Crippen LogP contribution in [0.2, 0.25) is 0 Å². The monoisotopic (exact) mass is 196 g/mol. The van der Waals surface area contributed by atoms with Crippen LogP contribution in [0.5, 0.6) is 0 Å². The van der Waals surface area contributed by atoms with Crippen molar-refractivity contribution in [2.75, 3.05) is 0 Å².